The molecule has 0 aliphatic rings. The third-order valence-electron chi connectivity index (χ3n) is 3.38. The van der Waals surface area contributed by atoms with E-state index in [0.717, 1.165) is 24.2 Å². The minimum absolute atomic E-state index is 0.151. The standard InChI is InChI=1S/C15H22N4O2/c1-4-11(16)7-12-8-19(10-18-12)9-13-15(21-3)14(20-2)5-6-17-13/h5-6,8,10-11H,4,7,9,16H2,1-3H3. The molecule has 0 radical (unpaired) electrons. The van der Waals surface area contributed by atoms with Gasteiger partial charge in [0.2, 0.25) is 0 Å². The Labute approximate surface area is 124 Å². The van der Waals surface area contributed by atoms with Crippen LogP contribution in [0.15, 0.2) is 24.8 Å². The zero-order valence-electron chi connectivity index (χ0n) is 12.7. The summed E-state index contributed by atoms with van der Waals surface area (Å²) in [4.78, 5) is 8.74. The van der Waals surface area contributed by atoms with Gasteiger partial charge in [0.1, 0.15) is 5.69 Å². The molecule has 2 N–H and O–H groups in total. The van der Waals surface area contributed by atoms with Gasteiger partial charge in [-0.15, -0.1) is 0 Å². The molecule has 0 amide bonds. The first-order valence-electron chi connectivity index (χ1n) is 7.00. The van der Waals surface area contributed by atoms with E-state index in [1.165, 1.54) is 0 Å². The first-order valence-corrected chi connectivity index (χ1v) is 7.00. The van der Waals surface area contributed by atoms with Gasteiger partial charge in [-0.2, -0.15) is 0 Å². The van der Waals surface area contributed by atoms with Crippen LogP contribution in [0.4, 0.5) is 0 Å². The maximum Gasteiger partial charge on any atom is 0.184 e. The Bertz CT molecular complexity index is 583. The first-order chi connectivity index (χ1) is 10.2. The number of nitrogens with two attached hydrogens (primary N) is 1. The Morgan fingerprint density at radius 1 is 1.29 bits per heavy atom. The van der Waals surface area contributed by atoms with E-state index in [2.05, 4.69) is 16.9 Å². The van der Waals surface area contributed by atoms with Crippen LogP contribution in [0, 0.1) is 0 Å². The van der Waals surface area contributed by atoms with Crippen molar-refractivity contribution >= 4 is 0 Å². The minimum Gasteiger partial charge on any atom is -0.493 e. The van der Waals surface area contributed by atoms with Crippen molar-refractivity contribution in [1.82, 2.24) is 14.5 Å². The van der Waals surface area contributed by atoms with E-state index in [1.807, 2.05) is 10.8 Å². The number of methoxy groups -OCH3 is 2. The third kappa shape index (κ3) is 3.72. The fourth-order valence-electron chi connectivity index (χ4n) is 2.15. The summed E-state index contributed by atoms with van der Waals surface area (Å²) in [5.41, 5.74) is 7.75. The molecule has 0 aliphatic carbocycles. The van der Waals surface area contributed by atoms with Gasteiger partial charge in [-0.3, -0.25) is 4.98 Å². The average molecular weight is 290 g/mol. The predicted molar refractivity (Wildman–Crippen MR) is 80.6 cm³/mol. The third-order valence-corrected chi connectivity index (χ3v) is 3.38. The van der Waals surface area contributed by atoms with E-state index >= 15 is 0 Å². The molecule has 0 fully saturated rings. The van der Waals surface area contributed by atoms with Crippen LogP contribution in [0.25, 0.3) is 0 Å². The van der Waals surface area contributed by atoms with E-state index in [9.17, 15) is 0 Å². The van der Waals surface area contributed by atoms with Crippen molar-refractivity contribution in [3.05, 3.63) is 36.2 Å². The van der Waals surface area contributed by atoms with Gasteiger partial charge in [0.05, 0.1) is 32.8 Å². The molecule has 0 spiro atoms. The van der Waals surface area contributed by atoms with Crippen LogP contribution in [-0.2, 0) is 13.0 Å². The molecule has 1 unspecified atom stereocenters. The summed E-state index contributed by atoms with van der Waals surface area (Å²) in [5.74, 6) is 1.33. The summed E-state index contributed by atoms with van der Waals surface area (Å²) in [5, 5.41) is 0. The lowest BCUT2D eigenvalue weighted by molar-refractivity contribution is 0.348. The molecule has 2 heterocycles. The number of aromatic nitrogens is 3. The van der Waals surface area contributed by atoms with Crippen LogP contribution in [0.5, 0.6) is 11.5 Å². The van der Waals surface area contributed by atoms with Crippen molar-refractivity contribution in [2.24, 2.45) is 5.73 Å². The average Bonchev–Trinajstić information content (AvgIpc) is 2.93. The van der Waals surface area contributed by atoms with Crippen LogP contribution in [-0.4, -0.2) is 34.8 Å². The fourth-order valence-corrected chi connectivity index (χ4v) is 2.15. The van der Waals surface area contributed by atoms with Crippen LogP contribution in [0.3, 0.4) is 0 Å². The van der Waals surface area contributed by atoms with Crippen molar-refractivity contribution in [3.8, 4) is 11.5 Å². The van der Waals surface area contributed by atoms with Crippen LogP contribution in [0.1, 0.15) is 24.7 Å². The molecule has 2 rings (SSSR count). The highest BCUT2D eigenvalue weighted by Gasteiger charge is 2.12. The number of nitrogens with zero attached hydrogens (tertiary/aromatic N) is 3. The lowest BCUT2D eigenvalue weighted by Gasteiger charge is -2.11. The molecule has 6 heteroatoms. The smallest absolute Gasteiger partial charge is 0.184 e. The molecule has 114 valence electrons. The van der Waals surface area contributed by atoms with Gasteiger partial charge in [-0.25, -0.2) is 4.98 Å². The Morgan fingerprint density at radius 2 is 2.10 bits per heavy atom. The molecule has 0 aliphatic heterocycles. The summed E-state index contributed by atoms with van der Waals surface area (Å²) in [6.07, 6.45) is 7.22. The second-order valence-corrected chi connectivity index (χ2v) is 4.90. The van der Waals surface area contributed by atoms with Gasteiger partial charge >= 0.3 is 0 Å². The molecule has 0 saturated carbocycles. The molecule has 0 saturated heterocycles. The zero-order chi connectivity index (χ0) is 15.2. The largest absolute Gasteiger partial charge is 0.493 e. The Balaban J connectivity index is 2.15. The number of ether oxygens (including phenoxy) is 2. The van der Waals surface area contributed by atoms with Crippen molar-refractivity contribution in [2.45, 2.75) is 32.4 Å². The minimum atomic E-state index is 0.151. The van der Waals surface area contributed by atoms with Gasteiger partial charge in [0.15, 0.2) is 11.5 Å². The number of rotatable bonds is 7. The van der Waals surface area contributed by atoms with Crippen LogP contribution in [0.2, 0.25) is 0 Å². The summed E-state index contributed by atoms with van der Waals surface area (Å²) in [6.45, 7) is 2.65. The van der Waals surface area contributed by atoms with E-state index in [4.69, 9.17) is 15.2 Å². The zero-order valence-corrected chi connectivity index (χ0v) is 12.7. The van der Waals surface area contributed by atoms with Crippen LogP contribution < -0.4 is 15.2 Å². The molecule has 1 atom stereocenters. The van der Waals surface area contributed by atoms with Crippen molar-refractivity contribution in [1.29, 1.82) is 0 Å². The number of hydrogen-bond donors (Lipinski definition) is 1. The van der Waals surface area contributed by atoms with Gasteiger partial charge in [0, 0.05) is 30.9 Å². The summed E-state index contributed by atoms with van der Waals surface area (Å²) in [7, 11) is 3.23. The number of imidazole rings is 1. The Hall–Kier alpha value is -2.08. The van der Waals surface area contributed by atoms with E-state index in [1.54, 1.807) is 32.8 Å². The summed E-state index contributed by atoms with van der Waals surface area (Å²) in [6, 6.07) is 1.93. The number of hydrogen-bond acceptors (Lipinski definition) is 5. The number of pyridine rings is 1. The highest BCUT2D eigenvalue weighted by molar-refractivity contribution is 5.42. The van der Waals surface area contributed by atoms with E-state index in [0.29, 0.717) is 18.0 Å². The second kappa shape index (κ2) is 7.08. The maximum atomic E-state index is 5.95. The summed E-state index contributed by atoms with van der Waals surface area (Å²) < 4.78 is 12.6. The van der Waals surface area contributed by atoms with E-state index in [-0.39, 0.29) is 6.04 Å². The topological polar surface area (TPSA) is 75.2 Å². The molecule has 6 nitrogen and oxygen atoms in total. The Morgan fingerprint density at radius 3 is 2.76 bits per heavy atom. The molecule has 2 aromatic rings. The molecule has 2 aromatic heterocycles. The maximum absolute atomic E-state index is 5.95. The van der Waals surface area contributed by atoms with Crippen molar-refractivity contribution < 1.29 is 9.47 Å². The molecule has 21 heavy (non-hydrogen) atoms. The Kier molecular flexibility index (Phi) is 5.16. The SMILES string of the molecule is CCC(N)Cc1cn(Cc2nccc(OC)c2OC)cn1. The van der Waals surface area contributed by atoms with Crippen molar-refractivity contribution in [2.75, 3.05) is 14.2 Å². The molecular weight excluding hydrogens is 268 g/mol. The van der Waals surface area contributed by atoms with Crippen molar-refractivity contribution in [3.63, 3.8) is 0 Å². The molecule has 0 aromatic carbocycles. The second-order valence-electron chi connectivity index (χ2n) is 4.90. The monoisotopic (exact) mass is 290 g/mol. The lowest BCUT2D eigenvalue weighted by Crippen LogP contribution is -2.21. The predicted octanol–water partition coefficient (Wildman–Crippen LogP) is 1.62. The lowest BCUT2D eigenvalue weighted by atomic mass is 10.1. The summed E-state index contributed by atoms with van der Waals surface area (Å²) >= 11 is 0. The highest BCUT2D eigenvalue weighted by atomic mass is 16.5. The van der Waals surface area contributed by atoms with Gasteiger partial charge in [-0.05, 0) is 6.42 Å². The normalized spacial score (nSPS) is 12.2. The van der Waals surface area contributed by atoms with Gasteiger partial charge in [0.25, 0.3) is 0 Å². The quantitative estimate of drug-likeness (QED) is 0.838. The van der Waals surface area contributed by atoms with E-state index < -0.39 is 0 Å². The van der Waals surface area contributed by atoms with Crippen LogP contribution >= 0.6 is 0 Å². The molecule has 0 bridgehead atoms. The highest BCUT2D eigenvalue weighted by Crippen LogP contribution is 2.29. The first kappa shape index (κ1) is 15.3. The fraction of sp³-hybridized carbons (Fsp3) is 0.467. The van der Waals surface area contributed by atoms with Gasteiger partial charge < -0.3 is 19.8 Å². The molecular formula is C15H22N4O2. The van der Waals surface area contributed by atoms with Gasteiger partial charge in [-0.1, -0.05) is 6.92 Å².